The summed E-state index contributed by atoms with van der Waals surface area (Å²) in [6.07, 6.45) is 9.21. The van der Waals surface area contributed by atoms with Gasteiger partial charge >= 0.3 is 5.63 Å². The highest BCUT2D eigenvalue weighted by molar-refractivity contribution is 5.76. The van der Waals surface area contributed by atoms with E-state index in [9.17, 15) is 4.79 Å². The Labute approximate surface area is 126 Å². The maximum atomic E-state index is 11.9. The molecule has 0 unspecified atom stereocenters. The smallest absolute Gasteiger partial charge is 0.339 e. The Balaban J connectivity index is 1.76. The van der Waals surface area contributed by atoms with Crippen LogP contribution < -0.4 is 11.4 Å². The van der Waals surface area contributed by atoms with Crippen LogP contribution in [0.1, 0.15) is 50.5 Å². The molecule has 0 fully saturated rings. The van der Waals surface area contributed by atoms with E-state index in [4.69, 9.17) is 10.2 Å². The lowest BCUT2D eigenvalue weighted by atomic mass is 10.0. The fourth-order valence-electron chi connectivity index (χ4n) is 2.62. The number of rotatable bonds is 9. The van der Waals surface area contributed by atoms with Gasteiger partial charge in [-0.3, -0.25) is 0 Å². The van der Waals surface area contributed by atoms with Crippen LogP contribution >= 0.6 is 0 Å². The lowest BCUT2D eigenvalue weighted by molar-refractivity contribution is 0.540. The average Bonchev–Trinajstić information content (AvgIpc) is 2.50. The monoisotopic (exact) mass is 287 g/mol. The van der Waals surface area contributed by atoms with Crippen molar-refractivity contribution in [3.8, 4) is 0 Å². The average molecular weight is 287 g/mol. The molecule has 2 aromatic rings. The quantitative estimate of drug-likeness (QED) is 0.559. The van der Waals surface area contributed by atoms with E-state index in [1.165, 1.54) is 32.1 Å². The lowest BCUT2D eigenvalue weighted by Gasteiger charge is -2.03. The first-order valence-corrected chi connectivity index (χ1v) is 8.03. The molecule has 1 aromatic carbocycles. The van der Waals surface area contributed by atoms with Gasteiger partial charge in [0.15, 0.2) is 0 Å². The highest BCUT2D eigenvalue weighted by atomic mass is 16.4. The van der Waals surface area contributed by atoms with Crippen LogP contribution in [0.15, 0.2) is 39.5 Å². The maximum Gasteiger partial charge on any atom is 0.339 e. The summed E-state index contributed by atoms with van der Waals surface area (Å²) >= 11 is 0. The van der Waals surface area contributed by atoms with Gasteiger partial charge in [-0.05, 0) is 37.9 Å². The third kappa shape index (κ3) is 5.01. The lowest BCUT2D eigenvalue weighted by Crippen LogP contribution is -2.06. The van der Waals surface area contributed by atoms with Crippen LogP contribution in [-0.2, 0) is 6.42 Å². The summed E-state index contributed by atoms with van der Waals surface area (Å²) < 4.78 is 5.35. The number of aryl methyl sites for hydroxylation is 1. The van der Waals surface area contributed by atoms with Crippen LogP contribution in [0.25, 0.3) is 11.0 Å². The molecule has 0 amide bonds. The Bertz CT molecular complexity index is 603. The third-order valence-electron chi connectivity index (χ3n) is 3.86. The van der Waals surface area contributed by atoms with Gasteiger partial charge in [-0.25, -0.2) is 4.79 Å². The van der Waals surface area contributed by atoms with Gasteiger partial charge in [-0.15, -0.1) is 0 Å². The van der Waals surface area contributed by atoms with Crippen molar-refractivity contribution in [2.75, 3.05) is 6.54 Å². The number of benzene rings is 1. The Morgan fingerprint density at radius 1 is 0.905 bits per heavy atom. The summed E-state index contributed by atoms with van der Waals surface area (Å²) in [6, 6.07) is 9.65. The Morgan fingerprint density at radius 2 is 1.57 bits per heavy atom. The molecule has 0 aliphatic heterocycles. The molecular formula is C18H25NO2. The second-order valence-corrected chi connectivity index (χ2v) is 5.61. The van der Waals surface area contributed by atoms with E-state index in [0.29, 0.717) is 5.58 Å². The summed E-state index contributed by atoms with van der Waals surface area (Å²) in [7, 11) is 0. The summed E-state index contributed by atoms with van der Waals surface area (Å²) in [4.78, 5) is 11.9. The molecule has 0 saturated carbocycles. The van der Waals surface area contributed by atoms with E-state index >= 15 is 0 Å². The fourth-order valence-corrected chi connectivity index (χ4v) is 2.62. The van der Waals surface area contributed by atoms with Gasteiger partial charge in [0, 0.05) is 10.9 Å². The van der Waals surface area contributed by atoms with Gasteiger partial charge in [0.25, 0.3) is 0 Å². The van der Waals surface area contributed by atoms with E-state index in [1.807, 2.05) is 30.3 Å². The zero-order valence-corrected chi connectivity index (χ0v) is 12.6. The number of para-hydroxylation sites is 1. The minimum Gasteiger partial charge on any atom is -0.423 e. The predicted molar refractivity (Wildman–Crippen MR) is 87.6 cm³/mol. The SMILES string of the molecule is NCCCCCCCCCc1cc2ccccc2oc1=O. The second-order valence-electron chi connectivity index (χ2n) is 5.61. The van der Waals surface area contributed by atoms with Crippen LogP contribution in [0.5, 0.6) is 0 Å². The number of fused-ring (bicyclic) bond motifs is 1. The molecule has 0 radical (unpaired) electrons. The van der Waals surface area contributed by atoms with E-state index in [-0.39, 0.29) is 5.63 Å². The van der Waals surface area contributed by atoms with Crippen molar-refractivity contribution < 1.29 is 4.42 Å². The molecule has 1 aromatic heterocycles. The fraction of sp³-hybridized carbons (Fsp3) is 0.500. The van der Waals surface area contributed by atoms with Gasteiger partial charge in [0.05, 0.1) is 0 Å². The van der Waals surface area contributed by atoms with Crippen molar-refractivity contribution in [3.63, 3.8) is 0 Å². The van der Waals surface area contributed by atoms with Crippen LogP contribution in [-0.4, -0.2) is 6.54 Å². The molecular weight excluding hydrogens is 262 g/mol. The van der Waals surface area contributed by atoms with Crippen LogP contribution in [0.4, 0.5) is 0 Å². The summed E-state index contributed by atoms with van der Waals surface area (Å²) in [6.45, 7) is 0.803. The summed E-state index contributed by atoms with van der Waals surface area (Å²) in [5.74, 6) is 0. The highest BCUT2D eigenvalue weighted by Gasteiger charge is 2.04. The zero-order chi connectivity index (χ0) is 14.9. The Kier molecular flexibility index (Phi) is 6.48. The molecule has 114 valence electrons. The van der Waals surface area contributed by atoms with Gasteiger partial charge < -0.3 is 10.2 Å². The van der Waals surface area contributed by atoms with Crippen molar-refractivity contribution in [3.05, 3.63) is 46.3 Å². The molecule has 0 aliphatic carbocycles. The van der Waals surface area contributed by atoms with Gasteiger partial charge in [0.1, 0.15) is 5.58 Å². The minimum absolute atomic E-state index is 0.184. The molecule has 3 heteroatoms. The normalized spacial score (nSPS) is 11.1. The maximum absolute atomic E-state index is 11.9. The van der Waals surface area contributed by atoms with E-state index in [2.05, 4.69) is 0 Å². The predicted octanol–water partition coefficient (Wildman–Crippen LogP) is 4.02. The largest absolute Gasteiger partial charge is 0.423 e. The Morgan fingerprint density at radius 3 is 2.33 bits per heavy atom. The topological polar surface area (TPSA) is 56.2 Å². The number of nitrogens with two attached hydrogens (primary N) is 1. The molecule has 0 spiro atoms. The molecule has 0 aliphatic rings. The molecule has 0 saturated heterocycles. The molecule has 3 nitrogen and oxygen atoms in total. The highest BCUT2D eigenvalue weighted by Crippen LogP contribution is 2.14. The molecule has 0 atom stereocenters. The first-order valence-electron chi connectivity index (χ1n) is 8.03. The molecule has 1 heterocycles. The van der Waals surface area contributed by atoms with Crippen molar-refractivity contribution in [1.82, 2.24) is 0 Å². The first-order chi connectivity index (χ1) is 10.3. The Hall–Kier alpha value is -1.61. The van der Waals surface area contributed by atoms with Crippen LogP contribution in [0.3, 0.4) is 0 Å². The van der Waals surface area contributed by atoms with E-state index in [1.54, 1.807) is 0 Å². The first kappa shape index (κ1) is 15.8. The van der Waals surface area contributed by atoms with Crippen molar-refractivity contribution >= 4 is 11.0 Å². The number of hydrogen-bond acceptors (Lipinski definition) is 3. The number of hydrogen-bond donors (Lipinski definition) is 1. The van der Waals surface area contributed by atoms with Crippen LogP contribution in [0.2, 0.25) is 0 Å². The molecule has 2 N–H and O–H groups in total. The standard InChI is InChI=1S/C18H25NO2/c19-13-9-5-3-1-2-4-6-11-16-14-15-10-7-8-12-17(15)21-18(16)20/h7-8,10,12,14H,1-6,9,11,13,19H2. The van der Waals surface area contributed by atoms with Crippen LogP contribution in [0, 0.1) is 0 Å². The zero-order valence-electron chi connectivity index (χ0n) is 12.6. The molecule has 0 bridgehead atoms. The summed E-state index contributed by atoms with van der Waals surface area (Å²) in [5.41, 5.74) is 6.76. The van der Waals surface area contributed by atoms with Gasteiger partial charge in [-0.1, -0.05) is 50.3 Å². The van der Waals surface area contributed by atoms with E-state index in [0.717, 1.165) is 36.8 Å². The third-order valence-corrected chi connectivity index (χ3v) is 3.86. The van der Waals surface area contributed by atoms with Crippen molar-refractivity contribution in [1.29, 1.82) is 0 Å². The molecule has 2 rings (SSSR count). The van der Waals surface area contributed by atoms with E-state index < -0.39 is 0 Å². The van der Waals surface area contributed by atoms with Crippen molar-refractivity contribution in [2.24, 2.45) is 5.73 Å². The molecule has 21 heavy (non-hydrogen) atoms. The van der Waals surface area contributed by atoms with Gasteiger partial charge in [-0.2, -0.15) is 0 Å². The summed E-state index contributed by atoms with van der Waals surface area (Å²) in [5, 5.41) is 1.01. The second kappa shape index (κ2) is 8.63. The number of unbranched alkanes of at least 4 members (excludes halogenated alkanes) is 6. The minimum atomic E-state index is -0.184. The van der Waals surface area contributed by atoms with Gasteiger partial charge in [0.2, 0.25) is 0 Å². The van der Waals surface area contributed by atoms with Crippen molar-refractivity contribution in [2.45, 2.75) is 51.4 Å².